The number of nitrogens with one attached hydrogen (secondary N) is 1. The van der Waals surface area contributed by atoms with Gasteiger partial charge >= 0.3 is 16.5 Å². The zero-order valence-electron chi connectivity index (χ0n) is 16.6. The lowest BCUT2D eigenvalue weighted by molar-refractivity contribution is 0.151. The first kappa shape index (κ1) is 21.4. The second-order valence-electron chi connectivity index (χ2n) is 6.61. The number of carbonyl (C=O) groups excluding carboxylic acids is 1. The summed E-state index contributed by atoms with van der Waals surface area (Å²) in [4.78, 5) is 11.2. The van der Waals surface area contributed by atoms with Crippen LogP contribution in [0.5, 0.6) is 11.5 Å². The van der Waals surface area contributed by atoms with Gasteiger partial charge in [-0.05, 0) is 68.1 Å². The fourth-order valence-corrected chi connectivity index (χ4v) is 3.13. The number of cyclic esters (lactones) is 1. The molecule has 1 aliphatic heterocycles. The van der Waals surface area contributed by atoms with Gasteiger partial charge in [0.15, 0.2) is 0 Å². The van der Waals surface area contributed by atoms with Crippen LogP contribution in [0.2, 0.25) is 0 Å². The number of aryl methyl sites for hydroxylation is 2. The molecular formula is C20H22N2O7S. The van der Waals surface area contributed by atoms with Crippen molar-refractivity contribution in [2.24, 2.45) is 5.16 Å². The Hall–Kier alpha value is -3.27. The van der Waals surface area contributed by atoms with Crippen LogP contribution in [-0.2, 0) is 26.0 Å². The number of ether oxygens (including phenoxy) is 2. The second-order valence-corrected chi connectivity index (χ2v) is 7.74. The summed E-state index contributed by atoms with van der Waals surface area (Å²) in [5.74, 6) is 0.808. The normalized spacial score (nSPS) is 13.3. The van der Waals surface area contributed by atoms with Crippen LogP contribution < -0.4 is 14.2 Å². The molecule has 2 aromatic carbocycles. The van der Waals surface area contributed by atoms with Gasteiger partial charge in [-0.1, -0.05) is 11.2 Å². The third-order valence-electron chi connectivity index (χ3n) is 4.30. The summed E-state index contributed by atoms with van der Waals surface area (Å²) in [7, 11) is -4.28. The number of nitrogens with zero attached hydrogens (tertiary/aromatic N) is 1. The number of amides is 1. The molecule has 9 nitrogen and oxygen atoms in total. The zero-order chi connectivity index (χ0) is 21.6. The Balaban J connectivity index is 1.38. The molecule has 10 heteroatoms. The van der Waals surface area contributed by atoms with Crippen molar-refractivity contribution >= 4 is 28.4 Å². The first-order valence-corrected chi connectivity index (χ1v) is 10.6. The van der Waals surface area contributed by atoms with Gasteiger partial charge in [-0.3, -0.25) is 5.32 Å². The highest BCUT2D eigenvalue weighted by Crippen LogP contribution is 2.26. The van der Waals surface area contributed by atoms with Crippen molar-refractivity contribution in [2.75, 3.05) is 11.9 Å². The van der Waals surface area contributed by atoms with Crippen LogP contribution in [0.3, 0.4) is 0 Å². The fourth-order valence-electron chi connectivity index (χ4n) is 2.59. The third kappa shape index (κ3) is 6.11. The van der Waals surface area contributed by atoms with E-state index in [1.807, 2.05) is 13.8 Å². The van der Waals surface area contributed by atoms with Crippen molar-refractivity contribution in [3.63, 3.8) is 0 Å². The summed E-state index contributed by atoms with van der Waals surface area (Å²) < 4.78 is 43.4. The molecule has 0 fully saturated rings. The maximum absolute atomic E-state index is 11.8. The molecule has 0 bridgehead atoms. The molecule has 0 saturated heterocycles. The number of carbonyl (C=O) groups is 1. The maximum Gasteiger partial charge on any atom is 0.521 e. The Morgan fingerprint density at radius 1 is 1.13 bits per heavy atom. The highest BCUT2D eigenvalue weighted by Gasteiger charge is 2.16. The van der Waals surface area contributed by atoms with Gasteiger partial charge < -0.3 is 13.7 Å². The van der Waals surface area contributed by atoms with Gasteiger partial charge in [0.1, 0.15) is 18.1 Å². The van der Waals surface area contributed by atoms with Crippen molar-refractivity contribution in [2.45, 2.75) is 33.3 Å². The van der Waals surface area contributed by atoms with Crippen LogP contribution in [0.4, 0.5) is 10.5 Å². The lowest BCUT2D eigenvalue weighted by Crippen LogP contribution is -2.20. The smallest absolute Gasteiger partial charge is 0.494 e. The number of hydrogen-bond acceptors (Lipinski definition) is 8. The molecule has 0 atom stereocenters. The van der Waals surface area contributed by atoms with E-state index in [0.717, 1.165) is 16.7 Å². The van der Waals surface area contributed by atoms with E-state index < -0.39 is 16.5 Å². The first-order valence-electron chi connectivity index (χ1n) is 9.24. The number of rotatable bonds is 9. The molecule has 0 aromatic heterocycles. The zero-order valence-corrected chi connectivity index (χ0v) is 17.4. The standard InChI is InChI=1S/C20H22N2O7S/c1-14-5-6-18(11-15(14)2)28-30(24,25)29-21-9-3-4-10-26-17-7-8-19-16(12-17)13-27-20(23)22-19/h5-9,11-12H,3-4,10,13H2,1-2H3,(H,22,23). The fraction of sp³-hybridized carbons (Fsp3) is 0.300. The van der Waals surface area contributed by atoms with Crippen molar-refractivity contribution < 1.29 is 31.2 Å². The molecule has 1 N–H and O–H groups in total. The van der Waals surface area contributed by atoms with Crippen LogP contribution in [0.15, 0.2) is 41.6 Å². The van der Waals surface area contributed by atoms with Gasteiger partial charge in [-0.2, -0.15) is 0 Å². The number of anilines is 1. The lowest BCUT2D eigenvalue weighted by Gasteiger charge is -2.18. The Kier molecular flexibility index (Phi) is 6.78. The quantitative estimate of drug-likeness (QED) is 0.362. The van der Waals surface area contributed by atoms with Crippen LogP contribution >= 0.6 is 0 Å². The minimum absolute atomic E-state index is 0.164. The van der Waals surface area contributed by atoms with Crippen LogP contribution in [0.1, 0.15) is 29.5 Å². The van der Waals surface area contributed by atoms with E-state index >= 15 is 0 Å². The molecule has 0 radical (unpaired) electrons. The highest BCUT2D eigenvalue weighted by atomic mass is 32.3. The number of hydrogen-bond donors (Lipinski definition) is 1. The van der Waals surface area contributed by atoms with E-state index in [-0.39, 0.29) is 12.4 Å². The minimum atomic E-state index is -4.28. The molecule has 30 heavy (non-hydrogen) atoms. The van der Waals surface area contributed by atoms with Crippen LogP contribution in [0, 0.1) is 13.8 Å². The number of benzene rings is 2. The average Bonchev–Trinajstić information content (AvgIpc) is 2.70. The number of oxime groups is 1. The molecule has 1 amide bonds. The molecule has 2 aromatic rings. The molecule has 1 aliphatic rings. The predicted molar refractivity (Wildman–Crippen MR) is 110 cm³/mol. The van der Waals surface area contributed by atoms with Crippen molar-refractivity contribution in [3.05, 3.63) is 53.1 Å². The molecule has 0 unspecified atom stereocenters. The monoisotopic (exact) mass is 434 g/mol. The Bertz CT molecular complexity index is 1050. The SMILES string of the molecule is Cc1ccc(OS(=O)(=O)ON=CCCCOc2ccc3c(c2)COC(=O)N3)cc1C. The average molecular weight is 434 g/mol. The minimum Gasteiger partial charge on any atom is -0.494 e. The van der Waals surface area contributed by atoms with Gasteiger partial charge in [0, 0.05) is 11.8 Å². The van der Waals surface area contributed by atoms with Crippen molar-refractivity contribution in [3.8, 4) is 11.5 Å². The summed E-state index contributed by atoms with van der Waals surface area (Å²) in [6.07, 6.45) is 1.90. The first-order chi connectivity index (χ1) is 14.3. The summed E-state index contributed by atoms with van der Waals surface area (Å²) in [6.45, 7) is 4.36. The van der Waals surface area contributed by atoms with Crippen molar-refractivity contribution in [1.29, 1.82) is 0 Å². The lowest BCUT2D eigenvalue weighted by atomic mass is 10.1. The van der Waals surface area contributed by atoms with E-state index in [0.29, 0.717) is 30.9 Å². The molecule has 0 aliphatic carbocycles. The highest BCUT2D eigenvalue weighted by molar-refractivity contribution is 7.82. The molecule has 0 spiro atoms. The third-order valence-corrected chi connectivity index (χ3v) is 4.97. The second kappa shape index (κ2) is 9.49. The summed E-state index contributed by atoms with van der Waals surface area (Å²) in [5, 5.41) is 6.04. The van der Waals surface area contributed by atoms with E-state index in [2.05, 4.69) is 14.8 Å². The Morgan fingerprint density at radius 3 is 2.73 bits per heavy atom. The van der Waals surface area contributed by atoms with Gasteiger partial charge in [-0.25, -0.2) is 9.08 Å². The van der Waals surface area contributed by atoms with Crippen LogP contribution in [0.25, 0.3) is 0 Å². The summed E-state index contributed by atoms with van der Waals surface area (Å²) >= 11 is 0. The predicted octanol–water partition coefficient (Wildman–Crippen LogP) is 3.85. The van der Waals surface area contributed by atoms with Gasteiger partial charge in [0.25, 0.3) is 0 Å². The molecule has 0 saturated carbocycles. The molecule has 1 heterocycles. The van der Waals surface area contributed by atoms with E-state index in [1.165, 1.54) is 6.21 Å². The topological polar surface area (TPSA) is 113 Å². The van der Waals surface area contributed by atoms with Gasteiger partial charge in [-0.15, -0.1) is 8.42 Å². The summed E-state index contributed by atoms with van der Waals surface area (Å²) in [6, 6.07) is 10.2. The van der Waals surface area contributed by atoms with Gasteiger partial charge in [0.05, 0.1) is 12.3 Å². The number of fused-ring (bicyclic) bond motifs is 1. The van der Waals surface area contributed by atoms with E-state index in [4.69, 9.17) is 13.7 Å². The van der Waals surface area contributed by atoms with Gasteiger partial charge in [0.2, 0.25) is 0 Å². The largest absolute Gasteiger partial charge is 0.521 e. The van der Waals surface area contributed by atoms with E-state index in [1.54, 1.807) is 36.4 Å². The van der Waals surface area contributed by atoms with Crippen LogP contribution in [-0.4, -0.2) is 27.3 Å². The molecule has 160 valence electrons. The maximum atomic E-state index is 11.8. The summed E-state index contributed by atoms with van der Waals surface area (Å²) in [5.41, 5.74) is 3.46. The molecule has 3 rings (SSSR count). The Labute approximate surface area is 174 Å². The van der Waals surface area contributed by atoms with E-state index in [9.17, 15) is 13.2 Å². The Morgan fingerprint density at radius 2 is 1.93 bits per heavy atom. The number of unbranched alkanes of at least 4 members (excludes halogenated alkanes) is 1. The molecular weight excluding hydrogens is 412 g/mol. The van der Waals surface area contributed by atoms with Crippen molar-refractivity contribution in [1.82, 2.24) is 0 Å².